The van der Waals surface area contributed by atoms with Gasteiger partial charge >= 0.3 is 17.9 Å². The van der Waals surface area contributed by atoms with Crippen molar-refractivity contribution in [1.29, 1.82) is 0 Å². The Morgan fingerprint density at radius 3 is 1.31 bits per heavy atom. The number of nitrogens with one attached hydrogen (secondary N) is 7. The van der Waals surface area contributed by atoms with Crippen LogP contribution in [0, 0.1) is 11.8 Å². The largest absolute Gasteiger partial charge is 0.481 e. The maximum absolute atomic E-state index is 13.4. The molecule has 0 aromatic heterocycles. The van der Waals surface area contributed by atoms with Gasteiger partial charge in [-0.1, -0.05) is 34.1 Å². The second-order valence-corrected chi connectivity index (χ2v) is 14.1. The first-order chi connectivity index (χ1) is 27.3. The highest BCUT2D eigenvalue weighted by Gasteiger charge is 2.37. The fourth-order valence-electron chi connectivity index (χ4n) is 4.93. The number of carboxylic acids is 3. The number of aliphatic hydroxyl groups is 4. The number of rotatable bonds is 27. The van der Waals surface area contributed by atoms with E-state index in [9.17, 15) is 83.7 Å². The number of hydrogen-bond acceptors (Lipinski definition) is 15. The topological polar surface area (TPSA) is 423 Å². The first-order valence-electron chi connectivity index (χ1n) is 18.4. The predicted molar refractivity (Wildman–Crippen MR) is 200 cm³/mol. The van der Waals surface area contributed by atoms with E-state index >= 15 is 0 Å². The number of amides is 7. The molecule has 0 rings (SSSR count). The first kappa shape index (κ1) is 53.5. The number of hydrogen-bond donors (Lipinski definition) is 15. The van der Waals surface area contributed by atoms with E-state index in [2.05, 4.69) is 26.6 Å². The lowest BCUT2D eigenvalue weighted by Gasteiger charge is -2.29. The Hall–Kier alpha value is -5.50. The summed E-state index contributed by atoms with van der Waals surface area (Å²) in [5.74, 6) is -13.9. The number of nitrogens with two attached hydrogens (primary N) is 1. The Morgan fingerprint density at radius 1 is 0.508 bits per heavy atom. The van der Waals surface area contributed by atoms with E-state index in [0.29, 0.717) is 0 Å². The number of aliphatic hydroxyl groups excluding tert-OH is 4. The van der Waals surface area contributed by atoms with Crippen molar-refractivity contribution in [3.05, 3.63) is 0 Å². The molecule has 336 valence electrons. The molecule has 0 aliphatic rings. The van der Waals surface area contributed by atoms with E-state index in [1.54, 1.807) is 20.8 Å². The third-order valence-corrected chi connectivity index (χ3v) is 8.85. The fraction of sp³-hybridized carbons (Fsp3) is 0.706. The standard InChI is InChI=1S/C34H58N8O17/c1-7-14(4)24(32(56)42-26(16(6)46)34(58)59)40-27(51)17(8-9-21(47)48)36-29(53)19(11-43)38-30(54)20(12-44)39-33(57)25(15(5)45)41-28(52)18(10-22(49)50)37-31(55)23(35)13(2)3/h13-20,23-26,43-46H,7-12,35H2,1-6H3,(H,36,53)(H,37,55)(H,38,54)(H,39,57)(H,40,51)(H,41,52)(H,42,56)(H,47,48)(H,49,50)(H,58,59). The van der Waals surface area contributed by atoms with Crippen molar-refractivity contribution in [2.24, 2.45) is 17.6 Å². The SMILES string of the molecule is CCC(C)C(NC(=O)C(CCC(=O)O)NC(=O)C(CO)NC(=O)C(CO)NC(=O)C(NC(=O)C(CC(=O)O)NC(=O)C(N)C(C)C)C(C)O)C(=O)NC(C(=O)O)C(C)O. The van der Waals surface area contributed by atoms with E-state index < -0.39 is 164 Å². The highest BCUT2D eigenvalue weighted by molar-refractivity contribution is 5.98. The first-order valence-corrected chi connectivity index (χ1v) is 18.4. The number of carbonyl (C=O) groups excluding carboxylic acids is 7. The normalized spacial score (nSPS) is 16.7. The van der Waals surface area contributed by atoms with Gasteiger partial charge in [0.05, 0.1) is 37.9 Å². The van der Waals surface area contributed by atoms with Gasteiger partial charge in [-0.25, -0.2) is 4.79 Å². The molecule has 0 aromatic carbocycles. The van der Waals surface area contributed by atoms with Gasteiger partial charge in [0.1, 0.15) is 36.3 Å². The van der Waals surface area contributed by atoms with Gasteiger partial charge in [-0.3, -0.25) is 43.2 Å². The minimum Gasteiger partial charge on any atom is -0.481 e. The van der Waals surface area contributed by atoms with Crippen molar-refractivity contribution in [3.8, 4) is 0 Å². The highest BCUT2D eigenvalue weighted by atomic mass is 16.4. The molecule has 0 aromatic rings. The van der Waals surface area contributed by atoms with Crippen LogP contribution in [0.2, 0.25) is 0 Å². The van der Waals surface area contributed by atoms with Crippen molar-refractivity contribution in [2.75, 3.05) is 13.2 Å². The van der Waals surface area contributed by atoms with Gasteiger partial charge in [-0.2, -0.15) is 0 Å². The van der Waals surface area contributed by atoms with Crippen molar-refractivity contribution < 1.29 is 83.7 Å². The van der Waals surface area contributed by atoms with Gasteiger partial charge in [0.2, 0.25) is 41.4 Å². The van der Waals surface area contributed by atoms with Gasteiger partial charge in [0, 0.05) is 6.42 Å². The van der Waals surface area contributed by atoms with Crippen LogP contribution in [-0.4, -0.2) is 169 Å². The molecule has 0 saturated carbocycles. The molecule has 25 nitrogen and oxygen atoms in total. The summed E-state index contributed by atoms with van der Waals surface area (Å²) < 4.78 is 0. The van der Waals surface area contributed by atoms with Crippen molar-refractivity contribution in [3.63, 3.8) is 0 Å². The van der Waals surface area contributed by atoms with Crippen molar-refractivity contribution in [2.45, 2.75) is 128 Å². The molecular formula is C34H58N8O17. The van der Waals surface area contributed by atoms with E-state index in [-0.39, 0.29) is 6.42 Å². The molecule has 0 radical (unpaired) electrons. The second-order valence-electron chi connectivity index (χ2n) is 14.1. The number of aliphatic carboxylic acids is 3. The zero-order valence-electron chi connectivity index (χ0n) is 33.5. The van der Waals surface area contributed by atoms with Gasteiger partial charge in [0.15, 0.2) is 6.04 Å². The molecule has 7 amide bonds. The van der Waals surface area contributed by atoms with E-state index in [1.165, 1.54) is 6.92 Å². The summed E-state index contributed by atoms with van der Waals surface area (Å²) in [6, 6.07) is -13.7. The van der Waals surface area contributed by atoms with Gasteiger partial charge in [-0.05, 0) is 32.1 Å². The van der Waals surface area contributed by atoms with Crippen LogP contribution < -0.4 is 43.0 Å². The summed E-state index contributed by atoms with van der Waals surface area (Å²) in [6.45, 7) is 6.10. The molecule has 0 heterocycles. The van der Waals surface area contributed by atoms with Crippen LogP contribution in [0.15, 0.2) is 0 Å². The predicted octanol–water partition coefficient (Wildman–Crippen LogP) is -6.42. The van der Waals surface area contributed by atoms with Crippen LogP contribution in [-0.2, 0) is 47.9 Å². The van der Waals surface area contributed by atoms with Crippen molar-refractivity contribution >= 4 is 59.3 Å². The molecule has 11 unspecified atom stereocenters. The maximum atomic E-state index is 13.4. The van der Waals surface area contributed by atoms with E-state index in [1.807, 2.05) is 10.6 Å². The summed E-state index contributed by atoms with van der Waals surface area (Å²) in [5.41, 5.74) is 5.76. The third-order valence-electron chi connectivity index (χ3n) is 8.85. The summed E-state index contributed by atoms with van der Waals surface area (Å²) in [5, 5.41) is 82.6. The number of carboxylic acid groups (broad SMARTS) is 3. The minimum atomic E-state index is -1.95. The van der Waals surface area contributed by atoms with E-state index in [0.717, 1.165) is 13.8 Å². The smallest absolute Gasteiger partial charge is 0.328 e. The van der Waals surface area contributed by atoms with Crippen LogP contribution in [0.1, 0.15) is 67.2 Å². The summed E-state index contributed by atoms with van der Waals surface area (Å²) in [6.07, 6.45) is -5.30. The zero-order chi connectivity index (χ0) is 45.9. The molecule has 0 aliphatic heterocycles. The summed E-state index contributed by atoms with van der Waals surface area (Å²) in [4.78, 5) is 126. The van der Waals surface area contributed by atoms with Crippen LogP contribution in [0.25, 0.3) is 0 Å². The van der Waals surface area contributed by atoms with E-state index in [4.69, 9.17) is 5.73 Å². The Morgan fingerprint density at radius 2 is 0.898 bits per heavy atom. The third kappa shape index (κ3) is 18.3. The maximum Gasteiger partial charge on any atom is 0.328 e. The number of carbonyl (C=O) groups is 10. The van der Waals surface area contributed by atoms with Crippen LogP contribution in [0.4, 0.5) is 0 Å². The molecule has 0 aliphatic carbocycles. The lowest BCUT2D eigenvalue weighted by atomic mass is 9.96. The minimum absolute atomic E-state index is 0.250. The molecule has 16 N–H and O–H groups in total. The van der Waals surface area contributed by atoms with Gasteiger partial charge < -0.3 is 78.7 Å². The molecule has 0 bridgehead atoms. The molecular weight excluding hydrogens is 792 g/mol. The quantitative estimate of drug-likeness (QED) is 0.0365. The van der Waals surface area contributed by atoms with Crippen LogP contribution in [0.3, 0.4) is 0 Å². The fourth-order valence-corrected chi connectivity index (χ4v) is 4.93. The second kappa shape index (κ2) is 25.8. The average Bonchev–Trinajstić information content (AvgIpc) is 3.15. The molecule has 0 spiro atoms. The molecule has 11 atom stereocenters. The van der Waals surface area contributed by atoms with Crippen LogP contribution in [0.5, 0.6) is 0 Å². The monoisotopic (exact) mass is 850 g/mol. The van der Waals surface area contributed by atoms with Crippen LogP contribution >= 0.6 is 0 Å². The molecule has 25 heteroatoms. The Kier molecular flexibility index (Phi) is 23.4. The zero-order valence-corrected chi connectivity index (χ0v) is 33.5. The highest BCUT2D eigenvalue weighted by Crippen LogP contribution is 2.11. The Labute approximate surface area is 338 Å². The van der Waals surface area contributed by atoms with Crippen molar-refractivity contribution in [1.82, 2.24) is 37.2 Å². The van der Waals surface area contributed by atoms with Gasteiger partial charge in [0.25, 0.3) is 0 Å². The van der Waals surface area contributed by atoms with Gasteiger partial charge in [-0.15, -0.1) is 0 Å². The molecule has 0 fully saturated rings. The Balaban J connectivity index is 6.12. The lowest BCUT2D eigenvalue weighted by Crippen LogP contribution is -2.63. The lowest BCUT2D eigenvalue weighted by molar-refractivity contribution is -0.145. The average molecular weight is 851 g/mol. The summed E-state index contributed by atoms with van der Waals surface area (Å²) in [7, 11) is 0. The summed E-state index contributed by atoms with van der Waals surface area (Å²) >= 11 is 0. The molecule has 59 heavy (non-hydrogen) atoms. The molecule has 0 saturated heterocycles. The Bertz CT molecular complexity index is 1510.